The molecule has 0 radical (unpaired) electrons. The summed E-state index contributed by atoms with van der Waals surface area (Å²) in [6, 6.07) is -4.03. The number of carboxylic acid groups (broad SMARTS) is 1. The molecule has 0 aromatic carbocycles. The van der Waals surface area contributed by atoms with Crippen molar-refractivity contribution in [2.24, 2.45) is 33.8 Å². The zero-order chi connectivity index (χ0) is 27.0. The second-order valence-corrected chi connectivity index (χ2v) is 8.72. The van der Waals surface area contributed by atoms with E-state index in [0.717, 1.165) is 0 Å². The number of carboxylic acids is 1. The molecule has 13 nitrogen and oxygen atoms in total. The fraction of sp³-hybridized carbons (Fsp3) is 0.762. The van der Waals surface area contributed by atoms with Gasteiger partial charge in [0.2, 0.25) is 17.7 Å². The molecule has 0 spiro atoms. The van der Waals surface area contributed by atoms with Crippen LogP contribution in [0.5, 0.6) is 0 Å². The van der Waals surface area contributed by atoms with Gasteiger partial charge >= 0.3 is 5.97 Å². The summed E-state index contributed by atoms with van der Waals surface area (Å²) >= 11 is 4.01. The van der Waals surface area contributed by atoms with Crippen LogP contribution in [0, 0.1) is 5.92 Å². The number of amides is 3. The number of aliphatic carboxylic acids is 1. The number of hydrogen-bond acceptors (Lipinski definition) is 8. The van der Waals surface area contributed by atoms with Crippen LogP contribution in [0.3, 0.4) is 0 Å². The molecule has 0 aromatic rings. The Hall–Kier alpha value is -2.58. The topological polar surface area (TPSA) is 241 Å². The fourth-order valence-electron chi connectivity index (χ4n) is 3.10. The van der Waals surface area contributed by atoms with Crippen LogP contribution in [0.15, 0.2) is 4.99 Å². The minimum Gasteiger partial charge on any atom is -0.480 e. The molecule has 3 amide bonds. The number of hydrogen-bond donors (Lipinski definition) is 9. The Morgan fingerprint density at radius 2 is 1.54 bits per heavy atom. The molecule has 0 aliphatic carbocycles. The summed E-state index contributed by atoms with van der Waals surface area (Å²) in [5.41, 5.74) is 21.8. The van der Waals surface area contributed by atoms with E-state index in [1.165, 1.54) is 0 Å². The summed E-state index contributed by atoms with van der Waals surface area (Å²) in [6.45, 7) is 4.26. The van der Waals surface area contributed by atoms with Crippen LogP contribution in [-0.4, -0.2) is 77.8 Å². The molecule has 12 N–H and O–H groups in total. The molecule has 0 aliphatic heterocycles. The van der Waals surface area contributed by atoms with E-state index in [2.05, 4.69) is 33.6 Å². The van der Waals surface area contributed by atoms with E-state index in [0.29, 0.717) is 32.2 Å². The summed E-state index contributed by atoms with van der Waals surface area (Å²) in [6.07, 6.45) is 2.38. The molecule has 5 unspecified atom stereocenters. The predicted octanol–water partition coefficient (Wildman–Crippen LogP) is -1.99. The summed E-state index contributed by atoms with van der Waals surface area (Å²) in [5, 5.41) is 17.3. The Balaban J connectivity index is 5.48. The highest BCUT2D eigenvalue weighted by Gasteiger charge is 2.32. The number of carbonyl (C=O) groups excluding carboxylic acids is 3. The van der Waals surface area contributed by atoms with Crippen LogP contribution >= 0.6 is 12.6 Å². The normalized spacial score (nSPS) is 15.1. The summed E-state index contributed by atoms with van der Waals surface area (Å²) in [7, 11) is 0. The lowest BCUT2D eigenvalue weighted by Crippen LogP contribution is -2.58. The van der Waals surface area contributed by atoms with E-state index in [1.54, 1.807) is 6.92 Å². The molecule has 0 saturated heterocycles. The van der Waals surface area contributed by atoms with Crippen LogP contribution in [-0.2, 0) is 19.2 Å². The molecule has 5 atom stereocenters. The summed E-state index contributed by atoms with van der Waals surface area (Å²) in [4.78, 5) is 53.8. The highest BCUT2D eigenvalue weighted by atomic mass is 32.1. The Bertz CT molecular complexity index is 720. The Kier molecular flexibility index (Phi) is 16.5. The van der Waals surface area contributed by atoms with Gasteiger partial charge in [0.05, 0.1) is 6.04 Å². The number of rotatable bonds is 18. The Morgan fingerprint density at radius 3 is 2.06 bits per heavy atom. The maximum absolute atomic E-state index is 13.1. The lowest BCUT2D eigenvalue weighted by molar-refractivity contribution is -0.142. The molecular formula is C21H42N8O5S. The maximum Gasteiger partial charge on any atom is 0.326 e. The number of nitrogens with zero attached hydrogens (tertiary/aromatic N) is 1. The number of aliphatic imine (C=N–C) groups is 1. The zero-order valence-corrected chi connectivity index (χ0v) is 21.4. The van der Waals surface area contributed by atoms with Crippen LogP contribution in [0.25, 0.3) is 0 Å². The first kappa shape index (κ1) is 32.4. The quantitative estimate of drug-likeness (QED) is 0.0421. The number of thiol groups is 1. The average molecular weight is 519 g/mol. The standard InChI is InChI=1S/C21H42N8O5S/c1-3-12(2)16(29-17(30)13(23)11-35)19(32)27-14(7-4-5-9-22)18(31)28-15(20(33)34)8-6-10-26-21(24)25/h12-16,35H,3-11,22-23H2,1-2H3,(H,27,32)(H,28,31)(H,29,30)(H,33,34)(H4,24,25,26). The predicted molar refractivity (Wildman–Crippen MR) is 138 cm³/mol. The first-order chi connectivity index (χ1) is 16.5. The first-order valence-corrected chi connectivity index (χ1v) is 12.4. The molecule has 35 heavy (non-hydrogen) atoms. The van der Waals surface area contributed by atoms with Gasteiger partial charge in [-0.3, -0.25) is 19.4 Å². The van der Waals surface area contributed by atoms with E-state index in [-0.39, 0.29) is 37.0 Å². The van der Waals surface area contributed by atoms with Crippen molar-refractivity contribution < 1.29 is 24.3 Å². The van der Waals surface area contributed by atoms with Gasteiger partial charge in [-0.15, -0.1) is 0 Å². The molecule has 0 bridgehead atoms. The lowest BCUT2D eigenvalue weighted by Gasteiger charge is -2.28. The van der Waals surface area contributed by atoms with Crippen molar-refractivity contribution in [1.29, 1.82) is 0 Å². The molecule has 0 heterocycles. The van der Waals surface area contributed by atoms with Gasteiger partial charge < -0.3 is 44.0 Å². The van der Waals surface area contributed by atoms with Crippen molar-refractivity contribution in [2.75, 3.05) is 18.8 Å². The van der Waals surface area contributed by atoms with Gasteiger partial charge in [0, 0.05) is 12.3 Å². The van der Waals surface area contributed by atoms with Gasteiger partial charge in [-0.1, -0.05) is 20.3 Å². The third-order valence-electron chi connectivity index (χ3n) is 5.47. The van der Waals surface area contributed by atoms with Crippen molar-refractivity contribution in [3.8, 4) is 0 Å². The molecule has 0 rings (SSSR count). The highest BCUT2D eigenvalue weighted by molar-refractivity contribution is 7.80. The fourth-order valence-corrected chi connectivity index (χ4v) is 3.27. The smallest absolute Gasteiger partial charge is 0.326 e. The van der Waals surface area contributed by atoms with Gasteiger partial charge in [-0.05, 0) is 44.6 Å². The number of unbranched alkanes of at least 4 members (excludes halogenated alkanes) is 1. The third-order valence-corrected chi connectivity index (χ3v) is 5.86. The first-order valence-electron chi connectivity index (χ1n) is 11.7. The van der Waals surface area contributed by atoms with E-state index < -0.39 is 47.9 Å². The minimum absolute atomic E-state index is 0.0918. The largest absolute Gasteiger partial charge is 0.480 e. The second kappa shape index (κ2) is 17.8. The molecule has 0 saturated carbocycles. The van der Waals surface area contributed by atoms with Gasteiger partial charge in [-0.25, -0.2) is 4.79 Å². The lowest BCUT2D eigenvalue weighted by atomic mass is 9.97. The van der Waals surface area contributed by atoms with Gasteiger partial charge in [0.25, 0.3) is 0 Å². The van der Waals surface area contributed by atoms with Gasteiger partial charge in [0.15, 0.2) is 5.96 Å². The van der Waals surface area contributed by atoms with Crippen molar-refractivity contribution >= 4 is 42.3 Å². The third kappa shape index (κ3) is 13.2. The minimum atomic E-state index is -1.22. The van der Waals surface area contributed by atoms with E-state index in [1.807, 2.05) is 6.92 Å². The number of nitrogens with one attached hydrogen (secondary N) is 3. The number of carbonyl (C=O) groups is 4. The Morgan fingerprint density at radius 1 is 0.943 bits per heavy atom. The van der Waals surface area contributed by atoms with Crippen LogP contribution in [0.2, 0.25) is 0 Å². The molecule has 0 aliphatic rings. The Labute approximate surface area is 212 Å². The maximum atomic E-state index is 13.1. The SMILES string of the molecule is CCC(C)C(NC(=O)C(N)CS)C(=O)NC(CCCCN)C(=O)NC(CCCN=C(N)N)C(=O)O. The van der Waals surface area contributed by atoms with Crippen LogP contribution < -0.4 is 38.9 Å². The van der Waals surface area contributed by atoms with Crippen molar-refractivity contribution in [2.45, 2.75) is 76.5 Å². The summed E-state index contributed by atoms with van der Waals surface area (Å²) < 4.78 is 0. The highest BCUT2D eigenvalue weighted by Crippen LogP contribution is 2.11. The van der Waals surface area contributed by atoms with E-state index in [9.17, 15) is 24.3 Å². The molecule has 202 valence electrons. The van der Waals surface area contributed by atoms with Gasteiger partial charge in [-0.2, -0.15) is 12.6 Å². The molecule has 14 heteroatoms. The van der Waals surface area contributed by atoms with Crippen molar-refractivity contribution in [3.05, 3.63) is 0 Å². The van der Waals surface area contributed by atoms with E-state index in [4.69, 9.17) is 22.9 Å². The second-order valence-electron chi connectivity index (χ2n) is 8.35. The zero-order valence-electron chi connectivity index (χ0n) is 20.5. The molecule has 0 aromatic heterocycles. The molecular weight excluding hydrogens is 476 g/mol. The van der Waals surface area contributed by atoms with Crippen LogP contribution in [0.1, 0.15) is 52.4 Å². The monoisotopic (exact) mass is 518 g/mol. The van der Waals surface area contributed by atoms with Crippen LogP contribution in [0.4, 0.5) is 0 Å². The number of guanidine groups is 1. The van der Waals surface area contributed by atoms with E-state index >= 15 is 0 Å². The average Bonchev–Trinajstić information content (AvgIpc) is 2.81. The van der Waals surface area contributed by atoms with Crippen molar-refractivity contribution in [3.63, 3.8) is 0 Å². The summed E-state index contributed by atoms with van der Waals surface area (Å²) in [5.74, 6) is -3.22. The number of nitrogens with two attached hydrogens (primary N) is 4. The molecule has 0 fully saturated rings. The van der Waals surface area contributed by atoms with Crippen molar-refractivity contribution in [1.82, 2.24) is 16.0 Å². The van der Waals surface area contributed by atoms with Gasteiger partial charge in [0.1, 0.15) is 18.1 Å².